The van der Waals surface area contributed by atoms with E-state index in [9.17, 15) is 4.79 Å². The fraction of sp³-hybridized carbons (Fsp3) is 0.0909. The van der Waals surface area contributed by atoms with Gasteiger partial charge in [0.2, 0.25) is 0 Å². The third-order valence-corrected chi connectivity index (χ3v) is 2.21. The molecule has 4 nitrogen and oxygen atoms in total. The number of benzene rings is 1. The Morgan fingerprint density at radius 2 is 2.27 bits per heavy atom. The maximum Gasteiger partial charge on any atom is 0.339 e. The molecule has 0 radical (unpaired) electrons. The number of carboxylic acid groups (broad SMARTS) is 1. The fourth-order valence-electron chi connectivity index (χ4n) is 1.55. The van der Waals surface area contributed by atoms with Crippen LogP contribution < -0.4 is 0 Å². The first-order chi connectivity index (χ1) is 7.13. The standard InChI is InChI=1S/C11H7NO3/c1-6-10(11(13)14)8-3-2-7(5-12)4-9(8)15-6/h2-4H,1H3,(H,13,14). The molecule has 1 aromatic heterocycles. The third-order valence-electron chi connectivity index (χ3n) is 2.21. The van der Waals surface area contributed by atoms with Gasteiger partial charge < -0.3 is 9.52 Å². The lowest BCUT2D eigenvalue weighted by Crippen LogP contribution is -1.96. The van der Waals surface area contributed by atoms with Crippen molar-refractivity contribution in [3.8, 4) is 6.07 Å². The van der Waals surface area contributed by atoms with E-state index in [1.54, 1.807) is 19.1 Å². The molecule has 0 aliphatic carbocycles. The molecule has 1 aromatic carbocycles. The van der Waals surface area contributed by atoms with E-state index in [-0.39, 0.29) is 5.56 Å². The van der Waals surface area contributed by atoms with Gasteiger partial charge in [-0.15, -0.1) is 0 Å². The lowest BCUT2D eigenvalue weighted by atomic mass is 10.1. The fourth-order valence-corrected chi connectivity index (χ4v) is 1.55. The third kappa shape index (κ3) is 1.34. The number of fused-ring (bicyclic) bond motifs is 1. The van der Waals surface area contributed by atoms with Gasteiger partial charge in [0.05, 0.1) is 11.6 Å². The van der Waals surface area contributed by atoms with E-state index in [0.29, 0.717) is 22.3 Å². The quantitative estimate of drug-likeness (QED) is 0.768. The van der Waals surface area contributed by atoms with Crippen LogP contribution in [0, 0.1) is 18.3 Å². The second-order valence-electron chi connectivity index (χ2n) is 3.16. The highest BCUT2D eigenvalue weighted by Crippen LogP contribution is 2.26. The molecular weight excluding hydrogens is 194 g/mol. The molecule has 2 rings (SSSR count). The van der Waals surface area contributed by atoms with Crippen molar-refractivity contribution in [1.82, 2.24) is 0 Å². The Morgan fingerprint density at radius 1 is 1.53 bits per heavy atom. The molecular formula is C11H7NO3. The van der Waals surface area contributed by atoms with Crippen LogP contribution in [0.3, 0.4) is 0 Å². The zero-order chi connectivity index (χ0) is 11.0. The molecule has 15 heavy (non-hydrogen) atoms. The number of carboxylic acids is 1. The molecule has 1 heterocycles. The number of rotatable bonds is 1. The molecule has 0 amide bonds. The van der Waals surface area contributed by atoms with Crippen molar-refractivity contribution < 1.29 is 14.3 Å². The number of nitriles is 1. The highest BCUT2D eigenvalue weighted by molar-refractivity contribution is 6.03. The molecule has 0 unspecified atom stereocenters. The second kappa shape index (κ2) is 3.14. The number of aromatic carboxylic acids is 1. The maximum absolute atomic E-state index is 10.9. The predicted molar refractivity (Wildman–Crippen MR) is 52.6 cm³/mol. The molecule has 0 atom stereocenters. The van der Waals surface area contributed by atoms with Gasteiger partial charge in [0.15, 0.2) is 0 Å². The van der Waals surface area contributed by atoms with Gasteiger partial charge in [-0.2, -0.15) is 5.26 Å². The van der Waals surface area contributed by atoms with Crippen LogP contribution in [0.2, 0.25) is 0 Å². The van der Waals surface area contributed by atoms with Gasteiger partial charge in [-0.1, -0.05) is 0 Å². The monoisotopic (exact) mass is 201 g/mol. The van der Waals surface area contributed by atoms with E-state index in [1.807, 2.05) is 6.07 Å². The van der Waals surface area contributed by atoms with Gasteiger partial charge in [0.1, 0.15) is 16.9 Å². The Kier molecular flexibility index (Phi) is 1.94. The van der Waals surface area contributed by atoms with E-state index in [1.165, 1.54) is 6.07 Å². The lowest BCUT2D eigenvalue weighted by molar-refractivity contribution is 0.0697. The molecule has 0 saturated heterocycles. The van der Waals surface area contributed by atoms with Gasteiger partial charge in [0, 0.05) is 5.39 Å². The van der Waals surface area contributed by atoms with Crippen molar-refractivity contribution in [3.05, 3.63) is 35.1 Å². The number of carbonyl (C=O) groups is 1. The van der Waals surface area contributed by atoms with Crippen LogP contribution in [0.4, 0.5) is 0 Å². The van der Waals surface area contributed by atoms with Crippen molar-refractivity contribution in [1.29, 1.82) is 5.26 Å². The number of hydrogen-bond donors (Lipinski definition) is 1. The van der Waals surface area contributed by atoms with Gasteiger partial charge in [0.25, 0.3) is 0 Å². The molecule has 74 valence electrons. The lowest BCUT2D eigenvalue weighted by Gasteiger charge is -1.91. The summed E-state index contributed by atoms with van der Waals surface area (Å²) in [5.41, 5.74) is 1.05. The molecule has 0 fully saturated rings. The summed E-state index contributed by atoms with van der Waals surface area (Å²) in [6.45, 7) is 1.59. The summed E-state index contributed by atoms with van der Waals surface area (Å²) < 4.78 is 5.27. The number of furan rings is 1. The normalized spacial score (nSPS) is 10.1. The van der Waals surface area contributed by atoms with Crippen LogP contribution in [-0.2, 0) is 0 Å². The number of nitrogens with zero attached hydrogens (tertiary/aromatic N) is 1. The smallest absolute Gasteiger partial charge is 0.339 e. The van der Waals surface area contributed by atoms with Crippen LogP contribution in [-0.4, -0.2) is 11.1 Å². The summed E-state index contributed by atoms with van der Waals surface area (Å²) in [6.07, 6.45) is 0. The highest BCUT2D eigenvalue weighted by atomic mass is 16.4. The minimum atomic E-state index is -1.02. The summed E-state index contributed by atoms with van der Waals surface area (Å²) in [4.78, 5) is 10.9. The van der Waals surface area contributed by atoms with Gasteiger partial charge in [-0.05, 0) is 25.1 Å². The molecule has 0 spiro atoms. The molecule has 0 aliphatic rings. The Hall–Kier alpha value is -2.28. The van der Waals surface area contributed by atoms with E-state index in [0.717, 1.165) is 0 Å². The van der Waals surface area contributed by atoms with Crippen LogP contribution in [0.5, 0.6) is 0 Å². The molecule has 2 aromatic rings. The van der Waals surface area contributed by atoms with E-state index in [4.69, 9.17) is 14.8 Å². The van der Waals surface area contributed by atoms with Crippen LogP contribution in [0.25, 0.3) is 11.0 Å². The zero-order valence-electron chi connectivity index (χ0n) is 7.94. The SMILES string of the molecule is Cc1oc2cc(C#N)ccc2c1C(=O)O. The van der Waals surface area contributed by atoms with Gasteiger partial charge in [-0.3, -0.25) is 0 Å². The predicted octanol–water partition coefficient (Wildman–Crippen LogP) is 2.31. The van der Waals surface area contributed by atoms with E-state index < -0.39 is 5.97 Å². The van der Waals surface area contributed by atoms with Crippen LogP contribution in [0.15, 0.2) is 22.6 Å². The highest BCUT2D eigenvalue weighted by Gasteiger charge is 2.17. The maximum atomic E-state index is 10.9. The van der Waals surface area contributed by atoms with Crippen molar-refractivity contribution in [2.24, 2.45) is 0 Å². The second-order valence-corrected chi connectivity index (χ2v) is 3.16. The minimum absolute atomic E-state index is 0.162. The Morgan fingerprint density at radius 3 is 2.87 bits per heavy atom. The summed E-state index contributed by atoms with van der Waals surface area (Å²) in [6, 6.07) is 6.67. The molecule has 1 N–H and O–H groups in total. The average Bonchev–Trinajstić information content (AvgIpc) is 2.52. The van der Waals surface area contributed by atoms with Gasteiger partial charge in [-0.25, -0.2) is 4.79 Å². The topological polar surface area (TPSA) is 74.2 Å². The number of aryl methyl sites for hydroxylation is 1. The summed E-state index contributed by atoms with van der Waals surface area (Å²) in [5, 5.41) is 18.2. The average molecular weight is 201 g/mol. The Labute approximate surface area is 85.4 Å². The van der Waals surface area contributed by atoms with Crippen molar-refractivity contribution in [2.75, 3.05) is 0 Å². The van der Waals surface area contributed by atoms with Crippen LogP contribution >= 0.6 is 0 Å². The van der Waals surface area contributed by atoms with Crippen LogP contribution in [0.1, 0.15) is 21.7 Å². The van der Waals surface area contributed by atoms with Crippen molar-refractivity contribution in [3.63, 3.8) is 0 Å². The van der Waals surface area contributed by atoms with Crippen molar-refractivity contribution in [2.45, 2.75) is 6.92 Å². The molecule has 0 aliphatic heterocycles. The molecule has 0 saturated carbocycles. The first-order valence-electron chi connectivity index (χ1n) is 4.30. The number of hydrogen-bond acceptors (Lipinski definition) is 3. The zero-order valence-corrected chi connectivity index (χ0v) is 7.94. The summed E-state index contributed by atoms with van der Waals surface area (Å²) in [7, 11) is 0. The van der Waals surface area contributed by atoms with E-state index in [2.05, 4.69) is 0 Å². The first kappa shape index (κ1) is 9.28. The Balaban J connectivity index is 2.81. The summed E-state index contributed by atoms with van der Waals surface area (Å²) in [5.74, 6) is -0.663. The summed E-state index contributed by atoms with van der Waals surface area (Å²) >= 11 is 0. The minimum Gasteiger partial charge on any atom is -0.478 e. The van der Waals surface area contributed by atoms with Gasteiger partial charge >= 0.3 is 5.97 Å². The largest absolute Gasteiger partial charge is 0.478 e. The molecule has 0 bridgehead atoms. The van der Waals surface area contributed by atoms with E-state index >= 15 is 0 Å². The first-order valence-corrected chi connectivity index (χ1v) is 4.30. The Bertz CT molecular complexity index is 590. The van der Waals surface area contributed by atoms with Crippen molar-refractivity contribution >= 4 is 16.9 Å². The molecule has 4 heteroatoms.